The van der Waals surface area contributed by atoms with Crippen molar-refractivity contribution in [3.63, 3.8) is 0 Å². The van der Waals surface area contributed by atoms with Gasteiger partial charge in [-0.25, -0.2) is 9.59 Å². The van der Waals surface area contributed by atoms with Crippen LogP contribution < -0.4 is 10.6 Å². The standard InChI is InChI=1S/C10H16N4O3/c1-3-5-11-10(17)12-8-7(9(15)16)6-14(4-2)13-8/h6H,3-5H2,1-2H3,(H,15,16)(H2,11,12,13,17). The molecule has 0 unspecified atom stereocenters. The molecule has 0 aliphatic heterocycles. The topological polar surface area (TPSA) is 96.3 Å². The van der Waals surface area contributed by atoms with Crippen LogP contribution in [0.15, 0.2) is 6.20 Å². The van der Waals surface area contributed by atoms with Crippen molar-refractivity contribution in [3.05, 3.63) is 11.8 Å². The molecule has 0 fully saturated rings. The Labute approximate surface area is 98.8 Å². The molecule has 0 aliphatic carbocycles. The Morgan fingerprint density at radius 3 is 2.71 bits per heavy atom. The number of anilines is 1. The summed E-state index contributed by atoms with van der Waals surface area (Å²) in [6.07, 6.45) is 2.19. The van der Waals surface area contributed by atoms with Crippen LogP contribution in [0.4, 0.5) is 10.6 Å². The monoisotopic (exact) mass is 240 g/mol. The lowest BCUT2D eigenvalue weighted by Crippen LogP contribution is -2.30. The Bertz CT molecular complexity index is 414. The maximum absolute atomic E-state index is 11.4. The number of nitrogens with zero attached hydrogens (tertiary/aromatic N) is 2. The molecule has 0 aliphatic rings. The molecule has 0 saturated heterocycles. The second-order valence-corrected chi connectivity index (χ2v) is 3.43. The number of carboxylic acids is 1. The lowest BCUT2D eigenvalue weighted by Gasteiger charge is -2.04. The summed E-state index contributed by atoms with van der Waals surface area (Å²) in [5, 5.41) is 17.9. The van der Waals surface area contributed by atoms with E-state index < -0.39 is 12.0 Å². The van der Waals surface area contributed by atoms with Crippen LogP contribution in [-0.2, 0) is 6.54 Å². The van der Waals surface area contributed by atoms with Crippen molar-refractivity contribution in [2.75, 3.05) is 11.9 Å². The number of carboxylic acid groups (broad SMARTS) is 1. The van der Waals surface area contributed by atoms with Crippen LogP contribution in [0.2, 0.25) is 0 Å². The van der Waals surface area contributed by atoms with Gasteiger partial charge in [-0.3, -0.25) is 10.00 Å². The van der Waals surface area contributed by atoms with Gasteiger partial charge < -0.3 is 10.4 Å². The lowest BCUT2D eigenvalue weighted by molar-refractivity contribution is 0.0698. The van der Waals surface area contributed by atoms with Gasteiger partial charge in [0.15, 0.2) is 5.82 Å². The number of carbonyl (C=O) groups excluding carboxylic acids is 1. The number of aryl methyl sites for hydroxylation is 1. The molecule has 7 nitrogen and oxygen atoms in total. The fourth-order valence-electron chi connectivity index (χ4n) is 1.22. The van der Waals surface area contributed by atoms with E-state index in [1.54, 1.807) is 0 Å². The van der Waals surface area contributed by atoms with Crippen molar-refractivity contribution in [1.82, 2.24) is 15.1 Å². The van der Waals surface area contributed by atoms with Gasteiger partial charge in [-0.15, -0.1) is 0 Å². The molecule has 2 amide bonds. The molecule has 0 aromatic carbocycles. The van der Waals surface area contributed by atoms with E-state index in [-0.39, 0.29) is 11.4 Å². The van der Waals surface area contributed by atoms with Crippen LogP contribution in [-0.4, -0.2) is 33.4 Å². The number of aromatic carboxylic acids is 1. The van der Waals surface area contributed by atoms with E-state index in [0.29, 0.717) is 13.1 Å². The minimum Gasteiger partial charge on any atom is -0.477 e. The van der Waals surface area contributed by atoms with Crippen LogP contribution in [0, 0.1) is 0 Å². The Kier molecular flexibility index (Phi) is 4.50. The number of rotatable bonds is 5. The second kappa shape index (κ2) is 5.88. The normalized spacial score (nSPS) is 10.0. The average Bonchev–Trinajstić information content (AvgIpc) is 2.69. The predicted molar refractivity (Wildman–Crippen MR) is 62.2 cm³/mol. The summed E-state index contributed by atoms with van der Waals surface area (Å²) in [5.41, 5.74) is -0.0153. The van der Waals surface area contributed by atoms with Crippen molar-refractivity contribution in [1.29, 1.82) is 0 Å². The first-order chi connectivity index (χ1) is 8.08. The Balaban J connectivity index is 2.78. The van der Waals surface area contributed by atoms with E-state index in [1.807, 2.05) is 13.8 Å². The Morgan fingerprint density at radius 2 is 2.18 bits per heavy atom. The largest absolute Gasteiger partial charge is 0.477 e. The quantitative estimate of drug-likeness (QED) is 0.718. The van der Waals surface area contributed by atoms with E-state index in [9.17, 15) is 9.59 Å². The minimum absolute atomic E-state index is 0.0153. The van der Waals surface area contributed by atoms with Crippen LogP contribution >= 0.6 is 0 Å². The third kappa shape index (κ3) is 3.47. The first-order valence-corrected chi connectivity index (χ1v) is 5.44. The summed E-state index contributed by atoms with van der Waals surface area (Å²) < 4.78 is 1.46. The number of amides is 2. The number of nitrogens with one attached hydrogen (secondary N) is 2. The van der Waals surface area contributed by atoms with Gasteiger partial charge >= 0.3 is 12.0 Å². The molecule has 17 heavy (non-hydrogen) atoms. The second-order valence-electron chi connectivity index (χ2n) is 3.43. The maximum atomic E-state index is 11.4. The highest BCUT2D eigenvalue weighted by Crippen LogP contribution is 2.12. The first kappa shape index (κ1) is 13.0. The van der Waals surface area contributed by atoms with Crippen molar-refractivity contribution >= 4 is 17.8 Å². The smallest absolute Gasteiger partial charge is 0.341 e. The highest BCUT2D eigenvalue weighted by Gasteiger charge is 2.16. The molecule has 0 spiro atoms. The number of urea groups is 1. The Morgan fingerprint density at radius 1 is 1.47 bits per heavy atom. The van der Waals surface area contributed by atoms with Crippen LogP contribution in [0.25, 0.3) is 0 Å². The van der Waals surface area contributed by atoms with Gasteiger partial charge in [0.05, 0.1) is 0 Å². The van der Waals surface area contributed by atoms with Gasteiger partial charge in [-0.1, -0.05) is 6.92 Å². The molecule has 1 heterocycles. The van der Waals surface area contributed by atoms with Gasteiger partial charge in [-0.2, -0.15) is 5.10 Å². The number of aromatic nitrogens is 2. The zero-order valence-electron chi connectivity index (χ0n) is 9.86. The third-order valence-electron chi connectivity index (χ3n) is 2.08. The van der Waals surface area contributed by atoms with Gasteiger partial charge in [0.25, 0.3) is 0 Å². The molecule has 1 rings (SSSR count). The fraction of sp³-hybridized carbons (Fsp3) is 0.500. The van der Waals surface area contributed by atoms with E-state index >= 15 is 0 Å². The number of hydrogen-bond acceptors (Lipinski definition) is 3. The number of hydrogen-bond donors (Lipinski definition) is 3. The van der Waals surface area contributed by atoms with Gasteiger partial charge in [-0.05, 0) is 13.3 Å². The zero-order chi connectivity index (χ0) is 12.8. The van der Waals surface area contributed by atoms with E-state index in [4.69, 9.17) is 5.11 Å². The van der Waals surface area contributed by atoms with Gasteiger partial charge in [0.1, 0.15) is 5.56 Å². The molecule has 0 atom stereocenters. The van der Waals surface area contributed by atoms with Crippen molar-refractivity contribution in [3.8, 4) is 0 Å². The van der Waals surface area contributed by atoms with Crippen LogP contribution in [0.5, 0.6) is 0 Å². The van der Waals surface area contributed by atoms with Gasteiger partial charge in [0.2, 0.25) is 0 Å². The summed E-state index contributed by atoms with van der Waals surface area (Å²) in [5.74, 6) is -1.05. The lowest BCUT2D eigenvalue weighted by atomic mass is 10.3. The molecule has 94 valence electrons. The molecular formula is C10H16N4O3. The SMILES string of the molecule is CCCNC(=O)Nc1nn(CC)cc1C(=O)O. The molecule has 0 saturated carbocycles. The van der Waals surface area contributed by atoms with Gasteiger partial charge in [0, 0.05) is 19.3 Å². The summed E-state index contributed by atoms with van der Waals surface area (Å²) in [7, 11) is 0. The molecule has 1 aromatic rings. The highest BCUT2D eigenvalue weighted by molar-refractivity contribution is 5.98. The van der Waals surface area contributed by atoms with E-state index in [0.717, 1.165) is 6.42 Å². The summed E-state index contributed by atoms with van der Waals surface area (Å²) >= 11 is 0. The Hall–Kier alpha value is -2.05. The van der Waals surface area contributed by atoms with Crippen molar-refractivity contribution in [2.24, 2.45) is 0 Å². The third-order valence-corrected chi connectivity index (χ3v) is 2.08. The molecule has 0 bridgehead atoms. The predicted octanol–water partition coefficient (Wildman–Crippen LogP) is 1.13. The molecule has 3 N–H and O–H groups in total. The highest BCUT2D eigenvalue weighted by atomic mass is 16.4. The van der Waals surface area contributed by atoms with Crippen molar-refractivity contribution < 1.29 is 14.7 Å². The molecule has 7 heteroatoms. The summed E-state index contributed by atoms with van der Waals surface area (Å²) in [6.45, 7) is 4.83. The van der Waals surface area contributed by atoms with Crippen LogP contribution in [0.3, 0.4) is 0 Å². The first-order valence-electron chi connectivity index (χ1n) is 5.44. The summed E-state index contributed by atoms with van der Waals surface area (Å²) in [4.78, 5) is 22.3. The maximum Gasteiger partial charge on any atom is 0.341 e. The van der Waals surface area contributed by atoms with Crippen LogP contribution in [0.1, 0.15) is 30.6 Å². The van der Waals surface area contributed by atoms with Crippen molar-refractivity contribution in [2.45, 2.75) is 26.8 Å². The fourth-order valence-corrected chi connectivity index (χ4v) is 1.22. The summed E-state index contributed by atoms with van der Waals surface area (Å²) in [6, 6.07) is -0.448. The zero-order valence-corrected chi connectivity index (χ0v) is 9.86. The van der Waals surface area contributed by atoms with E-state index in [1.165, 1.54) is 10.9 Å². The molecular weight excluding hydrogens is 224 g/mol. The molecule has 1 aromatic heterocycles. The number of carbonyl (C=O) groups is 2. The average molecular weight is 240 g/mol. The minimum atomic E-state index is -1.12. The van der Waals surface area contributed by atoms with E-state index in [2.05, 4.69) is 15.7 Å². The molecule has 0 radical (unpaired) electrons.